The van der Waals surface area contributed by atoms with Crippen LogP contribution in [0.1, 0.15) is 24.2 Å². The molecule has 2 N–H and O–H groups in total. The summed E-state index contributed by atoms with van der Waals surface area (Å²) in [6, 6.07) is 7.29. The number of methoxy groups -OCH3 is 1. The lowest BCUT2D eigenvalue weighted by Crippen LogP contribution is -2.27. The molecule has 2 rings (SSSR count). The molecule has 0 saturated heterocycles. The lowest BCUT2D eigenvalue weighted by Gasteiger charge is -2.13. The first kappa shape index (κ1) is 19.9. The van der Waals surface area contributed by atoms with E-state index in [0.717, 1.165) is 6.54 Å². The highest BCUT2D eigenvalue weighted by atomic mass is 35.5. The standard InChI is InChI=1S/C17H22N2O4.ClH/c1-12(2)18-7-9-23-15-5-4-14(10-16(15)21-3)19-17(20)13-6-8-22-11-13;/h4-6,8,10-12,18H,7,9H2,1-3H3,(H,19,20);1H. The Morgan fingerprint density at radius 1 is 1.25 bits per heavy atom. The van der Waals surface area contributed by atoms with Crippen LogP contribution in [0, 0.1) is 0 Å². The van der Waals surface area contributed by atoms with Crippen LogP contribution < -0.4 is 20.1 Å². The lowest BCUT2D eigenvalue weighted by atomic mass is 10.2. The van der Waals surface area contributed by atoms with E-state index in [0.29, 0.717) is 35.4 Å². The highest BCUT2D eigenvalue weighted by molar-refractivity contribution is 6.04. The Labute approximate surface area is 147 Å². The zero-order valence-corrected chi connectivity index (χ0v) is 14.8. The highest BCUT2D eigenvalue weighted by Gasteiger charge is 2.10. The second kappa shape index (κ2) is 9.85. The van der Waals surface area contributed by atoms with E-state index in [1.807, 2.05) is 0 Å². The van der Waals surface area contributed by atoms with Gasteiger partial charge in [0.1, 0.15) is 12.9 Å². The van der Waals surface area contributed by atoms with Gasteiger partial charge >= 0.3 is 0 Å². The van der Waals surface area contributed by atoms with Gasteiger partial charge in [-0.3, -0.25) is 4.79 Å². The minimum atomic E-state index is -0.240. The Bertz CT molecular complexity index is 630. The van der Waals surface area contributed by atoms with Crippen molar-refractivity contribution in [3.63, 3.8) is 0 Å². The molecule has 0 atom stereocenters. The Balaban J connectivity index is 0.00000288. The molecule has 2 aromatic rings. The minimum Gasteiger partial charge on any atom is -0.493 e. The Morgan fingerprint density at radius 3 is 2.67 bits per heavy atom. The van der Waals surface area contributed by atoms with E-state index in [1.54, 1.807) is 31.4 Å². The topological polar surface area (TPSA) is 72.7 Å². The van der Waals surface area contributed by atoms with Crippen LogP contribution in [0.4, 0.5) is 5.69 Å². The quantitative estimate of drug-likeness (QED) is 0.711. The summed E-state index contributed by atoms with van der Waals surface area (Å²) in [5, 5.41) is 6.06. The van der Waals surface area contributed by atoms with Gasteiger partial charge in [-0.25, -0.2) is 0 Å². The molecule has 0 saturated carbocycles. The van der Waals surface area contributed by atoms with Crippen molar-refractivity contribution in [2.45, 2.75) is 19.9 Å². The van der Waals surface area contributed by atoms with Gasteiger partial charge in [0.25, 0.3) is 5.91 Å². The molecule has 6 nitrogen and oxygen atoms in total. The predicted octanol–water partition coefficient (Wildman–Crippen LogP) is 3.34. The minimum absolute atomic E-state index is 0. The Kier molecular flexibility index (Phi) is 8.15. The molecule has 7 heteroatoms. The van der Waals surface area contributed by atoms with Crippen molar-refractivity contribution in [1.29, 1.82) is 0 Å². The number of carbonyl (C=O) groups excluding carboxylic acids is 1. The van der Waals surface area contributed by atoms with Crippen molar-refractivity contribution < 1.29 is 18.7 Å². The zero-order chi connectivity index (χ0) is 16.7. The van der Waals surface area contributed by atoms with E-state index >= 15 is 0 Å². The third-order valence-corrected chi connectivity index (χ3v) is 3.12. The Hall–Kier alpha value is -2.18. The highest BCUT2D eigenvalue weighted by Crippen LogP contribution is 2.30. The van der Waals surface area contributed by atoms with Crippen LogP contribution in [0.5, 0.6) is 11.5 Å². The van der Waals surface area contributed by atoms with Gasteiger partial charge in [-0.15, -0.1) is 12.4 Å². The number of hydrogen-bond acceptors (Lipinski definition) is 5. The van der Waals surface area contributed by atoms with E-state index in [4.69, 9.17) is 13.9 Å². The Morgan fingerprint density at radius 2 is 2.04 bits per heavy atom. The summed E-state index contributed by atoms with van der Waals surface area (Å²) >= 11 is 0. The number of ether oxygens (including phenoxy) is 2. The van der Waals surface area contributed by atoms with Gasteiger partial charge in [0.15, 0.2) is 11.5 Å². The number of benzene rings is 1. The third kappa shape index (κ3) is 5.79. The largest absolute Gasteiger partial charge is 0.493 e. The molecular formula is C17H23ClN2O4. The molecule has 0 bridgehead atoms. The fraction of sp³-hybridized carbons (Fsp3) is 0.353. The number of carbonyl (C=O) groups is 1. The van der Waals surface area contributed by atoms with Crippen LogP contribution in [0.2, 0.25) is 0 Å². The number of hydrogen-bond donors (Lipinski definition) is 2. The van der Waals surface area contributed by atoms with Gasteiger partial charge in [-0.05, 0) is 18.2 Å². The number of anilines is 1. The summed E-state index contributed by atoms with van der Waals surface area (Å²) in [5.74, 6) is 0.967. The summed E-state index contributed by atoms with van der Waals surface area (Å²) in [6.07, 6.45) is 2.85. The molecular weight excluding hydrogens is 332 g/mol. The molecule has 132 valence electrons. The predicted molar refractivity (Wildman–Crippen MR) is 95.5 cm³/mol. The first-order valence-corrected chi connectivity index (χ1v) is 7.48. The molecule has 0 aliphatic rings. The third-order valence-electron chi connectivity index (χ3n) is 3.12. The molecule has 0 aliphatic heterocycles. The molecule has 0 aliphatic carbocycles. The summed E-state index contributed by atoms with van der Waals surface area (Å²) in [7, 11) is 1.57. The second-order valence-corrected chi connectivity index (χ2v) is 5.29. The fourth-order valence-electron chi connectivity index (χ4n) is 1.97. The molecule has 1 aromatic carbocycles. The number of rotatable bonds is 8. The summed E-state index contributed by atoms with van der Waals surface area (Å²) in [5.41, 5.74) is 1.09. The normalized spacial score (nSPS) is 10.2. The molecule has 0 unspecified atom stereocenters. The van der Waals surface area contributed by atoms with E-state index in [-0.39, 0.29) is 18.3 Å². The molecule has 24 heavy (non-hydrogen) atoms. The maximum atomic E-state index is 12.0. The smallest absolute Gasteiger partial charge is 0.258 e. The average Bonchev–Trinajstić information content (AvgIpc) is 3.06. The molecule has 1 aromatic heterocycles. The SMILES string of the molecule is COc1cc(NC(=O)c2ccoc2)ccc1OCCNC(C)C.Cl. The van der Waals surface area contributed by atoms with Gasteiger partial charge in [0.2, 0.25) is 0 Å². The van der Waals surface area contributed by atoms with Crippen LogP contribution >= 0.6 is 12.4 Å². The van der Waals surface area contributed by atoms with Crippen molar-refractivity contribution in [2.75, 3.05) is 25.6 Å². The van der Waals surface area contributed by atoms with Crippen molar-refractivity contribution in [3.8, 4) is 11.5 Å². The number of halogens is 1. The van der Waals surface area contributed by atoms with Crippen molar-refractivity contribution in [3.05, 3.63) is 42.4 Å². The molecule has 0 spiro atoms. The fourth-order valence-corrected chi connectivity index (χ4v) is 1.97. The van der Waals surface area contributed by atoms with Crippen molar-refractivity contribution in [2.24, 2.45) is 0 Å². The molecule has 1 heterocycles. The number of nitrogens with one attached hydrogen (secondary N) is 2. The summed E-state index contributed by atoms with van der Waals surface area (Å²) < 4.78 is 15.9. The van der Waals surface area contributed by atoms with Gasteiger partial charge in [0.05, 0.1) is 18.9 Å². The first-order valence-electron chi connectivity index (χ1n) is 7.48. The van der Waals surface area contributed by atoms with Crippen LogP contribution in [-0.4, -0.2) is 32.2 Å². The first-order chi connectivity index (χ1) is 11.1. The maximum absolute atomic E-state index is 12.0. The maximum Gasteiger partial charge on any atom is 0.258 e. The average molecular weight is 355 g/mol. The van der Waals surface area contributed by atoms with E-state index in [9.17, 15) is 4.79 Å². The van der Waals surface area contributed by atoms with E-state index < -0.39 is 0 Å². The number of furan rings is 1. The molecule has 1 amide bonds. The van der Waals surface area contributed by atoms with Gasteiger partial charge in [-0.1, -0.05) is 13.8 Å². The van der Waals surface area contributed by atoms with Crippen LogP contribution in [0.25, 0.3) is 0 Å². The summed E-state index contributed by atoms with van der Waals surface area (Å²) in [4.78, 5) is 12.0. The van der Waals surface area contributed by atoms with Crippen LogP contribution in [0.3, 0.4) is 0 Å². The van der Waals surface area contributed by atoms with Crippen LogP contribution in [-0.2, 0) is 0 Å². The molecule has 0 radical (unpaired) electrons. The lowest BCUT2D eigenvalue weighted by molar-refractivity contribution is 0.102. The van der Waals surface area contributed by atoms with Crippen molar-refractivity contribution >= 4 is 24.0 Å². The zero-order valence-electron chi connectivity index (χ0n) is 14.0. The van der Waals surface area contributed by atoms with Gasteiger partial charge < -0.3 is 24.5 Å². The summed E-state index contributed by atoms with van der Waals surface area (Å²) in [6.45, 7) is 5.45. The van der Waals surface area contributed by atoms with Gasteiger partial charge in [-0.2, -0.15) is 0 Å². The van der Waals surface area contributed by atoms with E-state index in [1.165, 1.54) is 12.5 Å². The van der Waals surface area contributed by atoms with E-state index in [2.05, 4.69) is 24.5 Å². The van der Waals surface area contributed by atoms with Crippen LogP contribution in [0.15, 0.2) is 41.2 Å². The van der Waals surface area contributed by atoms with Gasteiger partial charge in [0, 0.05) is 24.3 Å². The second-order valence-electron chi connectivity index (χ2n) is 5.29. The molecule has 0 fully saturated rings. The monoisotopic (exact) mass is 354 g/mol. The van der Waals surface area contributed by atoms with Crippen molar-refractivity contribution in [1.82, 2.24) is 5.32 Å². The number of amides is 1.